The summed E-state index contributed by atoms with van der Waals surface area (Å²) in [5, 5.41) is 15.8. The summed E-state index contributed by atoms with van der Waals surface area (Å²) < 4.78 is 6.59. The van der Waals surface area contributed by atoms with Gasteiger partial charge in [0.1, 0.15) is 11.5 Å². The SMILES string of the molecule is O=C(CNc1ccc(Br)cc1)N/N=C\c1ccc(-c2ccc(C(=O)O)cc2)o1. The molecule has 28 heavy (non-hydrogen) atoms. The number of carboxylic acids is 1. The van der Waals surface area contributed by atoms with Crippen molar-refractivity contribution in [1.82, 2.24) is 5.43 Å². The van der Waals surface area contributed by atoms with Crippen molar-refractivity contribution in [1.29, 1.82) is 0 Å². The predicted molar refractivity (Wildman–Crippen MR) is 109 cm³/mol. The van der Waals surface area contributed by atoms with E-state index < -0.39 is 5.97 Å². The van der Waals surface area contributed by atoms with E-state index in [4.69, 9.17) is 9.52 Å². The van der Waals surface area contributed by atoms with Crippen LogP contribution in [0.2, 0.25) is 0 Å². The number of benzene rings is 2. The number of amides is 1. The molecule has 142 valence electrons. The summed E-state index contributed by atoms with van der Waals surface area (Å²) in [6.07, 6.45) is 1.40. The lowest BCUT2D eigenvalue weighted by atomic mass is 10.1. The zero-order valence-electron chi connectivity index (χ0n) is 14.6. The van der Waals surface area contributed by atoms with Gasteiger partial charge in [-0.25, -0.2) is 10.2 Å². The molecule has 3 aromatic rings. The van der Waals surface area contributed by atoms with E-state index in [1.54, 1.807) is 24.3 Å². The Morgan fingerprint density at radius 2 is 1.75 bits per heavy atom. The molecule has 0 atom stereocenters. The van der Waals surface area contributed by atoms with E-state index in [9.17, 15) is 9.59 Å². The first-order chi connectivity index (χ1) is 13.5. The first-order valence-corrected chi connectivity index (χ1v) is 9.05. The summed E-state index contributed by atoms with van der Waals surface area (Å²) in [4.78, 5) is 22.7. The summed E-state index contributed by atoms with van der Waals surface area (Å²) in [5.74, 6) is -0.250. The number of carboxylic acid groups (broad SMARTS) is 1. The van der Waals surface area contributed by atoms with Crippen molar-refractivity contribution in [2.45, 2.75) is 0 Å². The minimum absolute atomic E-state index is 0.0816. The predicted octanol–water partition coefficient (Wildman–Crippen LogP) is 3.97. The van der Waals surface area contributed by atoms with Crippen LogP contribution in [-0.4, -0.2) is 29.7 Å². The molecule has 0 aliphatic rings. The van der Waals surface area contributed by atoms with Gasteiger partial charge in [-0.05, 0) is 48.5 Å². The van der Waals surface area contributed by atoms with E-state index in [1.165, 1.54) is 18.3 Å². The number of carbonyl (C=O) groups excluding carboxylic acids is 1. The molecule has 3 N–H and O–H groups in total. The lowest BCUT2D eigenvalue weighted by Gasteiger charge is -2.04. The summed E-state index contributed by atoms with van der Waals surface area (Å²) in [5.41, 5.74) is 4.19. The Kier molecular flexibility index (Phi) is 6.23. The third-order valence-corrected chi connectivity index (χ3v) is 4.25. The van der Waals surface area contributed by atoms with Crippen molar-refractivity contribution in [2.75, 3.05) is 11.9 Å². The highest BCUT2D eigenvalue weighted by Crippen LogP contribution is 2.22. The number of nitrogens with one attached hydrogen (secondary N) is 2. The summed E-state index contributed by atoms with van der Waals surface area (Å²) in [7, 11) is 0. The molecule has 0 unspecified atom stereocenters. The Balaban J connectivity index is 1.51. The van der Waals surface area contributed by atoms with Gasteiger partial charge in [-0.3, -0.25) is 4.79 Å². The molecule has 1 aromatic heterocycles. The zero-order valence-corrected chi connectivity index (χ0v) is 16.1. The van der Waals surface area contributed by atoms with Crippen LogP contribution in [0.15, 0.2) is 74.7 Å². The van der Waals surface area contributed by atoms with Crippen LogP contribution in [-0.2, 0) is 4.79 Å². The molecule has 0 spiro atoms. The van der Waals surface area contributed by atoms with Crippen LogP contribution in [0.5, 0.6) is 0 Å². The Labute approximate surface area is 169 Å². The van der Waals surface area contributed by atoms with Crippen molar-refractivity contribution < 1.29 is 19.1 Å². The van der Waals surface area contributed by atoms with E-state index in [1.807, 2.05) is 24.3 Å². The van der Waals surface area contributed by atoms with E-state index in [-0.39, 0.29) is 18.0 Å². The summed E-state index contributed by atoms with van der Waals surface area (Å²) >= 11 is 3.35. The lowest BCUT2D eigenvalue weighted by molar-refractivity contribution is -0.119. The van der Waals surface area contributed by atoms with Crippen molar-refractivity contribution in [2.24, 2.45) is 5.10 Å². The molecule has 0 saturated carbocycles. The van der Waals surface area contributed by atoms with Crippen LogP contribution in [0.3, 0.4) is 0 Å². The smallest absolute Gasteiger partial charge is 0.335 e. The molecule has 0 aliphatic carbocycles. The number of nitrogens with zero attached hydrogens (tertiary/aromatic N) is 1. The number of anilines is 1. The molecular formula is C20H16BrN3O4. The molecule has 0 radical (unpaired) electrons. The number of carbonyl (C=O) groups is 2. The van der Waals surface area contributed by atoms with Crippen LogP contribution < -0.4 is 10.7 Å². The fourth-order valence-electron chi connectivity index (χ4n) is 2.31. The summed E-state index contributed by atoms with van der Waals surface area (Å²) in [6, 6.07) is 17.3. The molecule has 0 aliphatic heterocycles. The third-order valence-electron chi connectivity index (χ3n) is 3.72. The maximum absolute atomic E-state index is 11.8. The van der Waals surface area contributed by atoms with Crippen molar-refractivity contribution in [3.05, 3.63) is 76.5 Å². The Hall–Kier alpha value is -3.39. The van der Waals surface area contributed by atoms with E-state index in [2.05, 4.69) is 31.8 Å². The lowest BCUT2D eigenvalue weighted by Crippen LogP contribution is -2.25. The first kappa shape index (κ1) is 19.4. The molecular weight excluding hydrogens is 426 g/mol. The van der Waals surface area contributed by atoms with Crippen LogP contribution in [0, 0.1) is 0 Å². The number of hydrazone groups is 1. The van der Waals surface area contributed by atoms with E-state index in [0.29, 0.717) is 11.5 Å². The van der Waals surface area contributed by atoms with Gasteiger partial charge in [0.25, 0.3) is 5.91 Å². The van der Waals surface area contributed by atoms with Gasteiger partial charge in [0.05, 0.1) is 18.3 Å². The van der Waals surface area contributed by atoms with Gasteiger partial charge in [-0.1, -0.05) is 28.1 Å². The fraction of sp³-hybridized carbons (Fsp3) is 0.0500. The van der Waals surface area contributed by atoms with Crippen LogP contribution in [0.1, 0.15) is 16.1 Å². The third kappa shape index (κ3) is 5.31. The number of furan rings is 1. The molecule has 2 aromatic carbocycles. The average molecular weight is 442 g/mol. The minimum atomic E-state index is -0.982. The number of rotatable bonds is 7. The maximum Gasteiger partial charge on any atom is 0.335 e. The standard InChI is InChI=1S/C20H16BrN3O4/c21-15-5-7-16(8-6-15)22-12-19(25)24-23-11-17-9-10-18(28-17)13-1-3-14(4-2-13)20(26)27/h1-11,22H,12H2,(H,24,25)(H,26,27)/b23-11-. The molecule has 7 nitrogen and oxygen atoms in total. The van der Waals surface area contributed by atoms with Crippen LogP contribution >= 0.6 is 15.9 Å². The van der Waals surface area contributed by atoms with Gasteiger partial charge < -0.3 is 14.8 Å². The van der Waals surface area contributed by atoms with E-state index in [0.717, 1.165) is 15.7 Å². The Morgan fingerprint density at radius 3 is 2.43 bits per heavy atom. The monoisotopic (exact) mass is 441 g/mol. The second-order valence-electron chi connectivity index (χ2n) is 5.74. The highest BCUT2D eigenvalue weighted by atomic mass is 79.9. The summed E-state index contributed by atoms with van der Waals surface area (Å²) in [6.45, 7) is 0.0816. The fourth-order valence-corrected chi connectivity index (χ4v) is 2.58. The van der Waals surface area contributed by atoms with Crippen LogP contribution in [0.25, 0.3) is 11.3 Å². The number of hydrogen-bond donors (Lipinski definition) is 3. The quantitative estimate of drug-likeness (QED) is 0.380. The Morgan fingerprint density at radius 1 is 1.04 bits per heavy atom. The van der Waals surface area contributed by atoms with Gasteiger partial charge in [-0.2, -0.15) is 5.10 Å². The van der Waals surface area contributed by atoms with Crippen LogP contribution in [0.4, 0.5) is 5.69 Å². The topological polar surface area (TPSA) is 104 Å². The van der Waals surface area contributed by atoms with Gasteiger partial charge in [0, 0.05) is 15.7 Å². The highest BCUT2D eigenvalue weighted by molar-refractivity contribution is 9.10. The van der Waals surface area contributed by atoms with E-state index >= 15 is 0 Å². The maximum atomic E-state index is 11.8. The largest absolute Gasteiger partial charge is 0.478 e. The normalized spacial score (nSPS) is 10.8. The molecule has 0 bridgehead atoms. The average Bonchev–Trinajstić information content (AvgIpc) is 3.16. The molecule has 3 rings (SSSR count). The molecule has 0 saturated heterocycles. The van der Waals surface area contributed by atoms with Gasteiger partial charge in [0.15, 0.2) is 0 Å². The molecule has 0 fully saturated rings. The Bertz CT molecular complexity index is 995. The second kappa shape index (κ2) is 9.01. The second-order valence-corrected chi connectivity index (χ2v) is 6.65. The zero-order chi connectivity index (χ0) is 19.9. The molecule has 1 amide bonds. The van der Waals surface area contributed by atoms with Gasteiger partial charge in [0.2, 0.25) is 0 Å². The number of hydrogen-bond acceptors (Lipinski definition) is 5. The minimum Gasteiger partial charge on any atom is -0.478 e. The van der Waals surface area contributed by atoms with Crippen molar-refractivity contribution >= 4 is 39.7 Å². The highest BCUT2D eigenvalue weighted by Gasteiger charge is 2.06. The van der Waals surface area contributed by atoms with Crippen molar-refractivity contribution in [3.63, 3.8) is 0 Å². The van der Waals surface area contributed by atoms with Gasteiger partial charge in [-0.15, -0.1) is 0 Å². The van der Waals surface area contributed by atoms with Gasteiger partial charge >= 0.3 is 5.97 Å². The molecule has 8 heteroatoms. The first-order valence-electron chi connectivity index (χ1n) is 8.26. The number of halogens is 1. The van der Waals surface area contributed by atoms with Crippen molar-refractivity contribution in [3.8, 4) is 11.3 Å². The molecule has 1 heterocycles. The number of aromatic carboxylic acids is 1.